The average molecular weight is 443 g/mol. The summed E-state index contributed by atoms with van der Waals surface area (Å²) in [5.41, 5.74) is 0.711. The Morgan fingerprint density at radius 3 is 2.57 bits per heavy atom. The van der Waals surface area contributed by atoms with Crippen molar-refractivity contribution >= 4 is 43.2 Å². The van der Waals surface area contributed by atoms with Crippen LogP contribution in [0.2, 0.25) is 5.02 Å². The Labute approximate surface area is 169 Å². The van der Waals surface area contributed by atoms with Gasteiger partial charge in [-0.2, -0.15) is 0 Å². The highest BCUT2D eigenvalue weighted by Gasteiger charge is 2.27. The standard InChI is InChI=1S/C18H19ClN2O5S2/c1-13-16(19)8-5-9-17(13)28(25,26)20-18(22)14-6-4-7-15(12-14)21-10-2-3-11-27(21,23)24/h4-9,12H,2-3,10-11H2,1H3,(H,20,22). The Bertz CT molecular complexity index is 1130. The van der Waals surface area contributed by atoms with Crippen LogP contribution in [0.4, 0.5) is 5.69 Å². The molecule has 1 N–H and O–H groups in total. The van der Waals surface area contributed by atoms with E-state index >= 15 is 0 Å². The molecule has 28 heavy (non-hydrogen) atoms. The van der Waals surface area contributed by atoms with Crippen LogP contribution in [0.5, 0.6) is 0 Å². The van der Waals surface area contributed by atoms with Crippen molar-refractivity contribution in [3.63, 3.8) is 0 Å². The number of carbonyl (C=O) groups excluding carboxylic acids is 1. The number of amides is 1. The SMILES string of the molecule is Cc1c(Cl)cccc1S(=O)(=O)NC(=O)c1cccc(N2CCCCS2(=O)=O)c1. The number of nitrogens with one attached hydrogen (secondary N) is 1. The van der Waals surface area contributed by atoms with E-state index < -0.39 is 26.0 Å². The lowest BCUT2D eigenvalue weighted by Crippen LogP contribution is -2.38. The van der Waals surface area contributed by atoms with Crippen molar-refractivity contribution in [2.45, 2.75) is 24.7 Å². The first kappa shape index (κ1) is 20.6. The van der Waals surface area contributed by atoms with Gasteiger partial charge in [0.15, 0.2) is 0 Å². The van der Waals surface area contributed by atoms with Gasteiger partial charge >= 0.3 is 0 Å². The van der Waals surface area contributed by atoms with E-state index in [-0.39, 0.29) is 21.2 Å². The summed E-state index contributed by atoms with van der Waals surface area (Å²) in [4.78, 5) is 12.4. The van der Waals surface area contributed by atoms with E-state index in [1.165, 1.54) is 34.6 Å². The molecule has 150 valence electrons. The maximum atomic E-state index is 12.6. The van der Waals surface area contributed by atoms with Gasteiger partial charge in [0.25, 0.3) is 15.9 Å². The number of sulfonamides is 2. The Kier molecular flexibility index (Phi) is 5.69. The highest BCUT2D eigenvalue weighted by atomic mass is 35.5. The zero-order chi connectivity index (χ0) is 20.5. The minimum atomic E-state index is -4.14. The van der Waals surface area contributed by atoms with E-state index in [1.807, 2.05) is 4.72 Å². The fourth-order valence-electron chi connectivity index (χ4n) is 3.00. The van der Waals surface area contributed by atoms with Crippen LogP contribution < -0.4 is 9.03 Å². The van der Waals surface area contributed by atoms with Gasteiger partial charge in [0.05, 0.1) is 16.3 Å². The average Bonchev–Trinajstić information content (AvgIpc) is 2.63. The smallest absolute Gasteiger partial charge is 0.265 e. The second kappa shape index (κ2) is 7.73. The van der Waals surface area contributed by atoms with Gasteiger partial charge in [-0.1, -0.05) is 23.7 Å². The lowest BCUT2D eigenvalue weighted by atomic mass is 10.2. The van der Waals surface area contributed by atoms with Crippen molar-refractivity contribution in [1.29, 1.82) is 0 Å². The molecule has 0 bridgehead atoms. The van der Waals surface area contributed by atoms with Gasteiger partial charge in [0, 0.05) is 17.1 Å². The van der Waals surface area contributed by atoms with Gasteiger partial charge in [-0.3, -0.25) is 9.10 Å². The Hall–Kier alpha value is -2.10. The van der Waals surface area contributed by atoms with Crippen molar-refractivity contribution < 1.29 is 21.6 Å². The molecule has 3 rings (SSSR count). The molecule has 10 heteroatoms. The van der Waals surface area contributed by atoms with Crippen LogP contribution in [0.15, 0.2) is 47.4 Å². The van der Waals surface area contributed by atoms with Gasteiger partial charge in [0.1, 0.15) is 0 Å². The van der Waals surface area contributed by atoms with Crippen LogP contribution in [0.1, 0.15) is 28.8 Å². The molecule has 1 aliphatic rings. The molecule has 0 radical (unpaired) electrons. The van der Waals surface area contributed by atoms with Crippen LogP contribution >= 0.6 is 11.6 Å². The molecule has 0 spiro atoms. The first-order chi connectivity index (χ1) is 13.1. The Morgan fingerprint density at radius 2 is 1.86 bits per heavy atom. The summed E-state index contributed by atoms with van der Waals surface area (Å²) in [6.45, 7) is 1.87. The number of benzene rings is 2. The predicted octanol–water partition coefficient (Wildman–Crippen LogP) is 2.70. The third-order valence-electron chi connectivity index (χ3n) is 4.48. The highest BCUT2D eigenvalue weighted by Crippen LogP contribution is 2.25. The summed E-state index contributed by atoms with van der Waals surface area (Å²) >= 11 is 5.97. The number of rotatable bonds is 4. The molecular weight excluding hydrogens is 424 g/mol. The van der Waals surface area contributed by atoms with Crippen LogP contribution in [0.25, 0.3) is 0 Å². The normalized spacial score (nSPS) is 16.6. The molecule has 7 nitrogen and oxygen atoms in total. The van der Waals surface area contributed by atoms with Crippen LogP contribution in [0.3, 0.4) is 0 Å². The number of hydrogen-bond acceptors (Lipinski definition) is 5. The molecule has 1 aliphatic heterocycles. The van der Waals surface area contributed by atoms with E-state index in [0.717, 1.165) is 6.42 Å². The third kappa shape index (κ3) is 4.16. The Morgan fingerprint density at radius 1 is 1.14 bits per heavy atom. The van der Waals surface area contributed by atoms with Gasteiger partial charge in [-0.25, -0.2) is 21.6 Å². The van der Waals surface area contributed by atoms with E-state index in [4.69, 9.17) is 11.6 Å². The lowest BCUT2D eigenvalue weighted by Gasteiger charge is -2.28. The molecule has 0 unspecified atom stereocenters. The second-order valence-corrected chi connectivity index (χ2v) is 10.5. The number of halogens is 1. The topological polar surface area (TPSA) is 101 Å². The minimum absolute atomic E-state index is 0.0431. The molecule has 2 aromatic carbocycles. The molecular formula is C18H19ClN2O5S2. The van der Waals surface area contributed by atoms with Crippen molar-refractivity contribution in [3.05, 3.63) is 58.6 Å². The summed E-state index contributed by atoms with van der Waals surface area (Å²) in [6, 6.07) is 10.3. The molecule has 1 amide bonds. The zero-order valence-electron chi connectivity index (χ0n) is 15.1. The first-order valence-corrected chi connectivity index (χ1v) is 12.0. The summed E-state index contributed by atoms with van der Waals surface area (Å²) < 4.78 is 53.0. The summed E-state index contributed by atoms with van der Waals surface area (Å²) in [5.74, 6) is -0.804. The molecule has 0 aromatic heterocycles. The van der Waals surface area contributed by atoms with Crippen molar-refractivity contribution in [2.75, 3.05) is 16.6 Å². The second-order valence-electron chi connectivity index (χ2n) is 6.44. The first-order valence-electron chi connectivity index (χ1n) is 8.54. The van der Waals surface area contributed by atoms with Crippen molar-refractivity contribution in [3.8, 4) is 0 Å². The van der Waals surface area contributed by atoms with Gasteiger partial charge in [-0.15, -0.1) is 0 Å². The quantitative estimate of drug-likeness (QED) is 0.784. The monoisotopic (exact) mass is 442 g/mol. The van der Waals surface area contributed by atoms with Crippen LogP contribution in [-0.4, -0.2) is 35.0 Å². The fraction of sp³-hybridized carbons (Fsp3) is 0.278. The zero-order valence-corrected chi connectivity index (χ0v) is 17.4. The van der Waals surface area contributed by atoms with E-state index in [9.17, 15) is 21.6 Å². The van der Waals surface area contributed by atoms with E-state index in [2.05, 4.69) is 0 Å². The van der Waals surface area contributed by atoms with Crippen LogP contribution in [-0.2, 0) is 20.0 Å². The third-order valence-corrected chi connectivity index (χ3v) is 8.23. The molecule has 1 saturated heterocycles. The lowest BCUT2D eigenvalue weighted by molar-refractivity contribution is 0.0981. The number of anilines is 1. The van der Waals surface area contributed by atoms with Crippen LogP contribution in [0, 0.1) is 6.92 Å². The van der Waals surface area contributed by atoms with Gasteiger partial charge in [-0.05, 0) is 55.7 Å². The predicted molar refractivity (Wildman–Crippen MR) is 108 cm³/mol. The van der Waals surface area contributed by atoms with E-state index in [0.29, 0.717) is 24.2 Å². The fourth-order valence-corrected chi connectivity index (χ4v) is 6.10. The molecule has 1 heterocycles. The molecule has 0 atom stereocenters. The summed E-state index contributed by atoms with van der Waals surface area (Å²) in [5, 5.41) is 0.271. The Balaban J connectivity index is 1.88. The summed E-state index contributed by atoms with van der Waals surface area (Å²) in [6.07, 6.45) is 1.31. The van der Waals surface area contributed by atoms with Crippen molar-refractivity contribution in [1.82, 2.24) is 4.72 Å². The maximum absolute atomic E-state index is 12.6. The number of hydrogen-bond donors (Lipinski definition) is 1. The maximum Gasteiger partial charge on any atom is 0.265 e. The number of carbonyl (C=O) groups is 1. The van der Waals surface area contributed by atoms with Crippen molar-refractivity contribution in [2.24, 2.45) is 0 Å². The molecule has 1 fully saturated rings. The molecule has 0 aliphatic carbocycles. The van der Waals surface area contributed by atoms with Gasteiger partial charge < -0.3 is 0 Å². The molecule has 0 saturated carbocycles. The van der Waals surface area contributed by atoms with E-state index in [1.54, 1.807) is 19.1 Å². The largest absolute Gasteiger partial charge is 0.270 e. The minimum Gasteiger partial charge on any atom is -0.270 e. The molecule has 2 aromatic rings. The highest BCUT2D eigenvalue weighted by molar-refractivity contribution is 7.92. The number of nitrogens with zero attached hydrogens (tertiary/aromatic N) is 1. The van der Waals surface area contributed by atoms with Gasteiger partial charge in [0.2, 0.25) is 10.0 Å². The summed E-state index contributed by atoms with van der Waals surface area (Å²) in [7, 11) is -7.58.